The van der Waals surface area contributed by atoms with Crippen LogP contribution in [0.25, 0.3) is 16.6 Å². The van der Waals surface area contributed by atoms with Crippen molar-refractivity contribution < 1.29 is 17.2 Å². The molecule has 126 valence electrons. The Morgan fingerprint density at radius 2 is 1.71 bits per heavy atom. The molecule has 0 unspecified atom stereocenters. The molecule has 0 bridgehead atoms. The molecule has 0 aliphatic rings. The van der Waals surface area contributed by atoms with Gasteiger partial charge in [-0.05, 0) is 38.5 Å². The molecule has 8 heteroatoms. The van der Waals surface area contributed by atoms with Gasteiger partial charge >= 0.3 is 0 Å². The maximum absolute atomic E-state index is 13.4. The van der Waals surface area contributed by atoms with Crippen molar-refractivity contribution in [2.45, 2.75) is 30.4 Å². The van der Waals surface area contributed by atoms with Gasteiger partial charge in [-0.3, -0.25) is 0 Å². The first-order chi connectivity index (χ1) is 11.1. The SMILES string of the molecule is CC(C)(C)S(=O)(=O)c1ccn2ncc(-c3cc(F)nc(F)c3)c2c1. The number of hydrogen-bond acceptors (Lipinski definition) is 4. The molecule has 0 spiro atoms. The van der Waals surface area contributed by atoms with Gasteiger partial charge in [-0.25, -0.2) is 12.9 Å². The van der Waals surface area contributed by atoms with Crippen LogP contribution in [0.15, 0.2) is 41.6 Å². The molecule has 0 radical (unpaired) electrons. The second kappa shape index (κ2) is 5.34. The first kappa shape index (κ1) is 16.5. The minimum absolute atomic E-state index is 0.124. The summed E-state index contributed by atoms with van der Waals surface area (Å²) in [5, 5.41) is 4.10. The van der Waals surface area contributed by atoms with Gasteiger partial charge in [-0.1, -0.05) is 0 Å². The fourth-order valence-corrected chi connectivity index (χ4v) is 3.54. The highest BCUT2D eigenvalue weighted by molar-refractivity contribution is 7.92. The van der Waals surface area contributed by atoms with Crippen LogP contribution in [0.3, 0.4) is 0 Å². The molecule has 0 aromatic carbocycles. The molecule has 5 nitrogen and oxygen atoms in total. The van der Waals surface area contributed by atoms with E-state index in [0.29, 0.717) is 11.1 Å². The molecule has 3 aromatic heterocycles. The van der Waals surface area contributed by atoms with Crippen LogP contribution in [-0.4, -0.2) is 27.8 Å². The zero-order valence-electron chi connectivity index (χ0n) is 13.3. The lowest BCUT2D eigenvalue weighted by Gasteiger charge is -2.19. The zero-order valence-corrected chi connectivity index (χ0v) is 14.1. The van der Waals surface area contributed by atoms with Crippen LogP contribution in [-0.2, 0) is 9.84 Å². The first-order valence-electron chi connectivity index (χ1n) is 7.15. The highest BCUT2D eigenvalue weighted by Crippen LogP contribution is 2.30. The van der Waals surface area contributed by atoms with E-state index in [1.54, 1.807) is 20.8 Å². The topological polar surface area (TPSA) is 64.3 Å². The van der Waals surface area contributed by atoms with Gasteiger partial charge in [0.15, 0.2) is 9.84 Å². The average molecular weight is 351 g/mol. The number of nitrogens with zero attached hydrogens (tertiary/aromatic N) is 3. The van der Waals surface area contributed by atoms with Crippen molar-refractivity contribution in [1.29, 1.82) is 0 Å². The molecule has 24 heavy (non-hydrogen) atoms. The molecule has 0 aliphatic heterocycles. The number of fused-ring (bicyclic) bond motifs is 1. The van der Waals surface area contributed by atoms with Gasteiger partial charge in [0.25, 0.3) is 0 Å². The molecule has 0 N–H and O–H groups in total. The zero-order chi connectivity index (χ0) is 17.7. The minimum atomic E-state index is -3.56. The molecule has 0 fully saturated rings. The number of halogens is 2. The van der Waals surface area contributed by atoms with Crippen molar-refractivity contribution in [1.82, 2.24) is 14.6 Å². The lowest BCUT2D eigenvalue weighted by Crippen LogP contribution is -2.27. The van der Waals surface area contributed by atoms with E-state index in [0.717, 1.165) is 12.1 Å². The van der Waals surface area contributed by atoms with Gasteiger partial charge in [0.1, 0.15) is 0 Å². The Bertz CT molecular complexity index is 1020. The van der Waals surface area contributed by atoms with Crippen LogP contribution in [0.5, 0.6) is 0 Å². The molecule has 0 amide bonds. The predicted molar refractivity (Wildman–Crippen MR) is 85.3 cm³/mol. The van der Waals surface area contributed by atoms with E-state index in [1.165, 1.54) is 29.0 Å². The van der Waals surface area contributed by atoms with Crippen LogP contribution in [0, 0.1) is 11.9 Å². The molecule has 3 rings (SSSR count). The van der Waals surface area contributed by atoms with Gasteiger partial charge in [0.2, 0.25) is 11.9 Å². The largest absolute Gasteiger partial charge is 0.240 e. The Labute approximate surface area is 137 Å². The maximum atomic E-state index is 13.4. The van der Waals surface area contributed by atoms with Crippen LogP contribution < -0.4 is 0 Å². The van der Waals surface area contributed by atoms with Crippen LogP contribution in [0.4, 0.5) is 8.78 Å². The fourth-order valence-electron chi connectivity index (χ4n) is 2.32. The van der Waals surface area contributed by atoms with Crippen LogP contribution >= 0.6 is 0 Å². The van der Waals surface area contributed by atoms with Gasteiger partial charge in [-0.15, -0.1) is 0 Å². The third-order valence-corrected chi connectivity index (χ3v) is 6.17. The molecule has 0 saturated heterocycles. The van der Waals surface area contributed by atoms with E-state index in [1.807, 2.05) is 0 Å². The van der Waals surface area contributed by atoms with E-state index in [9.17, 15) is 17.2 Å². The van der Waals surface area contributed by atoms with E-state index in [4.69, 9.17) is 0 Å². The summed E-state index contributed by atoms with van der Waals surface area (Å²) in [6, 6.07) is 5.06. The quantitative estimate of drug-likeness (QED) is 0.665. The number of aromatic nitrogens is 3. The highest BCUT2D eigenvalue weighted by atomic mass is 32.2. The second-order valence-corrected chi connectivity index (χ2v) is 9.07. The van der Waals surface area contributed by atoms with E-state index >= 15 is 0 Å². The Hall–Kier alpha value is -2.35. The minimum Gasteiger partial charge on any atom is -0.240 e. The number of hydrogen-bond donors (Lipinski definition) is 0. The normalized spacial score (nSPS) is 12.7. The monoisotopic (exact) mass is 351 g/mol. The molecular formula is C16H15F2N3O2S. The maximum Gasteiger partial charge on any atom is 0.216 e. The van der Waals surface area contributed by atoms with Crippen molar-refractivity contribution >= 4 is 15.4 Å². The van der Waals surface area contributed by atoms with Gasteiger partial charge in [0, 0.05) is 23.9 Å². The lowest BCUT2D eigenvalue weighted by atomic mass is 10.1. The third-order valence-electron chi connectivity index (χ3n) is 3.68. The summed E-state index contributed by atoms with van der Waals surface area (Å²) in [4.78, 5) is 3.18. The summed E-state index contributed by atoms with van der Waals surface area (Å²) in [5.41, 5.74) is 1.09. The van der Waals surface area contributed by atoms with Crippen LogP contribution in [0.1, 0.15) is 20.8 Å². The molecule has 0 saturated carbocycles. The fraction of sp³-hybridized carbons (Fsp3) is 0.250. The standard InChI is InChI=1S/C16H15F2N3O2S/c1-16(2,3)24(22,23)11-4-5-21-13(8-11)12(9-19-21)10-6-14(17)20-15(18)7-10/h4-9H,1-3H3. The number of rotatable bonds is 2. The smallest absolute Gasteiger partial charge is 0.216 e. The average Bonchev–Trinajstić information content (AvgIpc) is 2.87. The molecule has 3 heterocycles. The third kappa shape index (κ3) is 2.66. The van der Waals surface area contributed by atoms with Crippen molar-refractivity contribution in [3.63, 3.8) is 0 Å². The molecule has 0 atom stereocenters. The van der Waals surface area contributed by atoms with Gasteiger partial charge in [0.05, 0.1) is 21.4 Å². The predicted octanol–water partition coefficient (Wildman–Crippen LogP) is 3.25. The second-order valence-electron chi connectivity index (χ2n) is 6.37. The Balaban J connectivity index is 2.24. The molecule has 3 aromatic rings. The first-order valence-corrected chi connectivity index (χ1v) is 8.63. The Morgan fingerprint density at radius 1 is 1.08 bits per heavy atom. The van der Waals surface area contributed by atoms with Crippen molar-refractivity contribution in [3.8, 4) is 11.1 Å². The number of pyridine rings is 2. The molecular weight excluding hydrogens is 336 g/mol. The summed E-state index contributed by atoms with van der Waals surface area (Å²) in [7, 11) is -3.56. The highest BCUT2D eigenvalue weighted by Gasteiger charge is 2.31. The lowest BCUT2D eigenvalue weighted by molar-refractivity contribution is 0.513. The van der Waals surface area contributed by atoms with E-state index in [-0.39, 0.29) is 10.5 Å². The summed E-state index contributed by atoms with van der Waals surface area (Å²) in [6.45, 7) is 4.83. The van der Waals surface area contributed by atoms with Gasteiger partial charge < -0.3 is 0 Å². The Kier molecular flexibility index (Phi) is 3.67. The van der Waals surface area contributed by atoms with Crippen molar-refractivity contribution in [2.75, 3.05) is 0 Å². The van der Waals surface area contributed by atoms with Crippen molar-refractivity contribution in [2.24, 2.45) is 0 Å². The van der Waals surface area contributed by atoms with Crippen molar-refractivity contribution in [3.05, 3.63) is 48.6 Å². The van der Waals surface area contributed by atoms with Gasteiger partial charge in [-0.2, -0.15) is 18.9 Å². The summed E-state index contributed by atoms with van der Waals surface area (Å²) < 4.78 is 52.5. The summed E-state index contributed by atoms with van der Waals surface area (Å²) in [5.74, 6) is -1.91. The Morgan fingerprint density at radius 3 is 2.29 bits per heavy atom. The summed E-state index contributed by atoms with van der Waals surface area (Å²) >= 11 is 0. The van der Waals surface area contributed by atoms with Crippen LogP contribution in [0.2, 0.25) is 0 Å². The van der Waals surface area contributed by atoms with E-state index < -0.39 is 26.5 Å². The number of sulfone groups is 1. The molecule has 0 aliphatic carbocycles. The van der Waals surface area contributed by atoms with E-state index in [2.05, 4.69) is 10.1 Å². The summed E-state index contributed by atoms with van der Waals surface area (Å²) in [6.07, 6.45) is 2.93.